The van der Waals surface area contributed by atoms with E-state index in [9.17, 15) is 0 Å². The Morgan fingerprint density at radius 1 is 1.11 bits per heavy atom. The Balaban J connectivity index is 2.04. The molecule has 0 amide bonds. The van der Waals surface area contributed by atoms with Crippen LogP contribution in [0.2, 0.25) is 5.15 Å². The lowest BCUT2D eigenvalue weighted by atomic mass is 10.2. The highest BCUT2D eigenvalue weighted by atomic mass is 35.5. The summed E-state index contributed by atoms with van der Waals surface area (Å²) in [6, 6.07) is 9.69. The van der Waals surface area contributed by atoms with Crippen molar-refractivity contribution in [2.45, 2.75) is 0 Å². The lowest BCUT2D eigenvalue weighted by Crippen LogP contribution is -1.91. The molecule has 0 saturated heterocycles. The van der Waals surface area contributed by atoms with Gasteiger partial charge in [0, 0.05) is 5.39 Å². The third-order valence-electron chi connectivity index (χ3n) is 2.92. The van der Waals surface area contributed by atoms with Crippen LogP contribution >= 0.6 is 11.6 Å². The number of hydrogen-bond acceptors (Lipinski definition) is 4. The number of para-hydroxylation sites is 1. The van der Waals surface area contributed by atoms with E-state index in [1.807, 2.05) is 30.3 Å². The maximum atomic E-state index is 6.13. The zero-order chi connectivity index (χ0) is 12.8. The Labute approximate surface area is 112 Å². The minimum absolute atomic E-state index is 0.443. The summed E-state index contributed by atoms with van der Waals surface area (Å²) in [6.45, 7) is 0. The summed E-state index contributed by atoms with van der Waals surface area (Å²) in [5.74, 6) is 1.19. The van der Waals surface area contributed by atoms with Gasteiger partial charge in [0.05, 0.1) is 12.4 Å². The molecule has 0 aliphatic heterocycles. The van der Waals surface area contributed by atoms with E-state index in [4.69, 9.17) is 16.0 Å². The molecule has 5 nitrogen and oxygen atoms in total. The van der Waals surface area contributed by atoms with Crippen LogP contribution in [0.25, 0.3) is 28.2 Å². The summed E-state index contributed by atoms with van der Waals surface area (Å²) in [7, 11) is 0. The van der Waals surface area contributed by atoms with Crippen molar-refractivity contribution in [1.82, 2.24) is 19.6 Å². The first kappa shape index (κ1) is 10.5. The number of hydrogen-bond donors (Lipinski definition) is 0. The SMILES string of the molecule is Clc1cncc2nnc(-c3cc4ccccc4o3)n12. The third-order valence-corrected chi connectivity index (χ3v) is 3.19. The Bertz CT molecular complexity index is 863. The largest absolute Gasteiger partial charge is 0.453 e. The number of nitrogens with zero attached hydrogens (tertiary/aromatic N) is 4. The minimum atomic E-state index is 0.443. The summed E-state index contributed by atoms with van der Waals surface area (Å²) >= 11 is 6.13. The average Bonchev–Trinajstić information content (AvgIpc) is 3.02. The predicted octanol–water partition coefficient (Wildman–Crippen LogP) is 3.19. The number of furan rings is 1. The first-order valence-electron chi connectivity index (χ1n) is 5.66. The van der Waals surface area contributed by atoms with Gasteiger partial charge in [-0.15, -0.1) is 10.2 Å². The first-order valence-corrected chi connectivity index (χ1v) is 6.04. The van der Waals surface area contributed by atoms with Gasteiger partial charge in [0.15, 0.2) is 11.4 Å². The van der Waals surface area contributed by atoms with Crippen molar-refractivity contribution < 1.29 is 4.42 Å². The number of fused-ring (bicyclic) bond motifs is 2. The van der Waals surface area contributed by atoms with Gasteiger partial charge >= 0.3 is 0 Å². The zero-order valence-corrected chi connectivity index (χ0v) is 10.4. The van der Waals surface area contributed by atoms with Crippen molar-refractivity contribution in [3.63, 3.8) is 0 Å². The smallest absolute Gasteiger partial charge is 0.205 e. The van der Waals surface area contributed by atoms with E-state index in [-0.39, 0.29) is 0 Å². The van der Waals surface area contributed by atoms with Crippen LogP contribution in [0.3, 0.4) is 0 Å². The first-order chi connectivity index (χ1) is 9.33. The molecule has 4 rings (SSSR count). The molecule has 3 aromatic heterocycles. The number of halogens is 1. The van der Waals surface area contributed by atoms with Crippen LogP contribution in [-0.4, -0.2) is 19.6 Å². The number of aromatic nitrogens is 4. The van der Waals surface area contributed by atoms with E-state index in [1.54, 1.807) is 16.8 Å². The average molecular weight is 271 g/mol. The molecule has 0 N–H and O–H groups in total. The Kier molecular flexibility index (Phi) is 2.10. The minimum Gasteiger partial charge on any atom is -0.453 e. The second-order valence-corrected chi connectivity index (χ2v) is 4.48. The molecule has 0 fully saturated rings. The monoisotopic (exact) mass is 270 g/mol. The second kappa shape index (κ2) is 3.80. The fraction of sp³-hybridized carbons (Fsp3) is 0. The van der Waals surface area contributed by atoms with Gasteiger partial charge in [-0.2, -0.15) is 0 Å². The Hall–Kier alpha value is -2.40. The van der Waals surface area contributed by atoms with E-state index in [1.165, 1.54) is 0 Å². The van der Waals surface area contributed by atoms with Gasteiger partial charge in [-0.3, -0.25) is 9.38 Å². The van der Waals surface area contributed by atoms with Gasteiger partial charge in [0.25, 0.3) is 0 Å². The summed E-state index contributed by atoms with van der Waals surface area (Å²) in [6.07, 6.45) is 3.15. The van der Waals surface area contributed by atoms with Crippen molar-refractivity contribution in [3.8, 4) is 11.6 Å². The summed E-state index contributed by atoms with van der Waals surface area (Å²) in [4.78, 5) is 3.98. The summed E-state index contributed by atoms with van der Waals surface area (Å²) in [5, 5.41) is 9.60. The van der Waals surface area contributed by atoms with Crippen LogP contribution in [0.5, 0.6) is 0 Å². The number of rotatable bonds is 1. The molecular formula is C13H7ClN4O. The molecule has 6 heteroatoms. The molecule has 0 spiro atoms. The highest BCUT2D eigenvalue weighted by Gasteiger charge is 2.14. The molecule has 0 unspecified atom stereocenters. The Morgan fingerprint density at radius 3 is 2.89 bits per heavy atom. The van der Waals surface area contributed by atoms with Gasteiger partial charge in [-0.1, -0.05) is 29.8 Å². The lowest BCUT2D eigenvalue weighted by molar-refractivity contribution is 0.624. The Morgan fingerprint density at radius 2 is 2.00 bits per heavy atom. The van der Waals surface area contributed by atoms with E-state index in [0.29, 0.717) is 22.4 Å². The van der Waals surface area contributed by atoms with Crippen LogP contribution in [0.1, 0.15) is 0 Å². The van der Waals surface area contributed by atoms with Crippen molar-refractivity contribution in [2.24, 2.45) is 0 Å². The van der Waals surface area contributed by atoms with Gasteiger partial charge in [0.1, 0.15) is 10.7 Å². The fourth-order valence-electron chi connectivity index (χ4n) is 2.07. The van der Waals surface area contributed by atoms with Crippen LogP contribution in [0, 0.1) is 0 Å². The molecule has 0 radical (unpaired) electrons. The number of benzene rings is 1. The zero-order valence-electron chi connectivity index (χ0n) is 9.62. The molecule has 92 valence electrons. The molecular weight excluding hydrogens is 264 g/mol. The third kappa shape index (κ3) is 1.52. The molecule has 1 aromatic carbocycles. The van der Waals surface area contributed by atoms with Crippen LogP contribution in [-0.2, 0) is 0 Å². The molecule has 0 saturated carbocycles. The molecule has 19 heavy (non-hydrogen) atoms. The van der Waals surface area contributed by atoms with Crippen LogP contribution in [0.15, 0.2) is 47.1 Å². The van der Waals surface area contributed by atoms with Gasteiger partial charge < -0.3 is 4.42 Å². The summed E-state index contributed by atoms with van der Waals surface area (Å²) in [5.41, 5.74) is 1.39. The maximum absolute atomic E-state index is 6.13. The van der Waals surface area contributed by atoms with Crippen molar-refractivity contribution in [2.75, 3.05) is 0 Å². The highest BCUT2D eigenvalue weighted by Crippen LogP contribution is 2.28. The van der Waals surface area contributed by atoms with Gasteiger partial charge in [0.2, 0.25) is 5.82 Å². The van der Waals surface area contributed by atoms with E-state index >= 15 is 0 Å². The van der Waals surface area contributed by atoms with Crippen molar-refractivity contribution in [3.05, 3.63) is 47.9 Å². The molecule has 0 atom stereocenters. The normalized spacial score (nSPS) is 11.4. The standard InChI is InChI=1S/C13H7ClN4O/c14-11-6-15-7-12-16-17-13(18(11)12)10-5-8-3-1-2-4-9(8)19-10/h1-7H. The quantitative estimate of drug-likeness (QED) is 0.533. The summed E-state index contributed by atoms with van der Waals surface area (Å²) < 4.78 is 7.47. The van der Waals surface area contributed by atoms with Crippen molar-refractivity contribution >= 4 is 28.2 Å². The van der Waals surface area contributed by atoms with Crippen molar-refractivity contribution in [1.29, 1.82) is 0 Å². The van der Waals surface area contributed by atoms with E-state index < -0.39 is 0 Å². The fourth-order valence-corrected chi connectivity index (χ4v) is 2.29. The van der Waals surface area contributed by atoms with Crippen LogP contribution < -0.4 is 0 Å². The predicted molar refractivity (Wildman–Crippen MR) is 71.0 cm³/mol. The molecule has 0 aliphatic rings. The van der Waals surface area contributed by atoms with Crippen LogP contribution in [0.4, 0.5) is 0 Å². The highest BCUT2D eigenvalue weighted by molar-refractivity contribution is 6.29. The molecule has 3 heterocycles. The van der Waals surface area contributed by atoms with E-state index in [0.717, 1.165) is 11.0 Å². The van der Waals surface area contributed by atoms with Gasteiger partial charge in [-0.05, 0) is 12.1 Å². The molecule has 0 aliphatic carbocycles. The second-order valence-electron chi connectivity index (χ2n) is 4.10. The molecule has 4 aromatic rings. The lowest BCUT2D eigenvalue weighted by Gasteiger charge is -1.97. The van der Waals surface area contributed by atoms with Gasteiger partial charge in [-0.25, -0.2) is 0 Å². The topological polar surface area (TPSA) is 56.2 Å². The maximum Gasteiger partial charge on any atom is 0.205 e. The van der Waals surface area contributed by atoms with E-state index in [2.05, 4.69) is 15.2 Å². The molecule has 0 bridgehead atoms.